The maximum Gasteiger partial charge on any atom is 0.255 e. The first-order valence-electron chi connectivity index (χ1n) is 10.3. The van der Waals surface area contributed by atoms with Gasteiger partial charge in [-0.15, -0.1) is 0 Å². The lowest BCUT2D eigenvalue weighted by molar-refractivity contribution is 0.0825. The van der Waals surface area contributed by atoms with Crippen molar-refractivity contribution in [2.24, 2.45) is 16.7 Å². The second kappa shape index (κ2) is 7.02. The second-order valence-corrected chi connectivity index (χ2v) is 10.4. The fourth-order valence-corrected chi connectivity index (χ4v) is 6.18. The molecule has 6 heteroatoms. The van der Waals surface area contributed by atoms with Gasteiger partial charge >= 0.3 is 0 Å². The Bertz CT molecular complexity index is 960. The van der Waals surface area contributed by atoms with E-state index >= 15 is 0 Å². The van der Waals surface area contributed by atoms with Gasteiger partial charge < -0.3 is 5.32 Å². The second-order valence-electron chi connectivity index (χ2n) is 9.54. The minimum absolute atomic E-state index is 0.0221. The van der Waals surface area contributed by atoms with E-state index < -0.39 is 0 Å². The molecule has 2 aliphatic rings. The van der Waals surface area contributed by atoms with Gasteiger partial charge in [-0.05, 0) is 62.0 Å². The minimum Gasteiger partial charge on any atom is -0.349 e. The molecule has 1 aromatic heterocycles. The van der Waals surface area contributed by atoms with Crippen molar-refractivity contribution in [3.05, 3.63) is 50.8 Å². The summed E-state index contributed by atoms with van der Waals surface area (Å²) in [5.41, 5.74) is 3.46. The molecular formula is C23H29Cl2N3O. The van der Waals surface area contributed by atoms with E-state index in [0.717, 1.165) is 23.4 Å². The number of carbonyl (C=O) groups excluding carboxylic acids is 1. The zero-order valence-corrected chi connectivity index (χ0v) is 19.3. The molecule has 4 nitrogen and oxygen atoms in total. The minimum atomic E-state index is -0.0221. The van der Waals surface area contributed by atoms with Gasteiger partial charge in [0.25, 0.3) is 5.91 Å². The highest BCUT2D eigenvalue weighted by Crippen LogP contribution is 2.65. The third-order valence-electron chi connectivity index (χ3n) is 8.08. The Kier molecular flexibility index (Phi) is 5.02. The van der Waals surface area contributed by atoms with E-state index in [2.05, 4.69) is 31.2 Å². The highest BCUT2D eigenvalue weighted by Gasteiger charge is 2.61. The van der Waals surface area contributed by atoms with Crippen LogP contribution < -0.4 is 5.32 Å². The summed E-state index contributed by atoms with van der Waals surface area (Å²) >= 11 is 12.7. The number of carbonyl (C=O) groups is 1. The molecular weight excluding hydrogens is 405 g/mol. The first-order valence-corrected chi connectivity index (χ1v) is 11.1. The van der Waals surface area contributed by atoms with Crippen LogP contribution in [-0.2, 0) is 6.54 Å². The topological polar surface area (TPSA) is 46.9 Å². The SMILES string of the molecule is Cc1nn(Cc2c(Cl)cccc2Cl)c(C)c1C(=O)N[C@@H]1C[C@@H]2CC[C@@]1(C)C2(C)C. The first-order chi connectivity index (χ1) is 13.6. The van der Waals surface area contributed by atoms with Crippen molar-refractivity contribution < 1.29 is 4.79 Å². The van der Waals surface area contributed by atoms with E-state index in [0.29, 0.717) is 28.1 Å². The number of nitrogens with one attached hydrogen (secondary N) is 1. The summed E-state index contributed by atoms with van der Waals surface area (Å²) in [5, 5.41) is 9.19. The van der Waals surface area contributed by atoms with Crippen LogP contribution in [0.4, 0.5) is 0 Å². The Morgan fingerprint density at radius 2 is 1.90 bits per heavy atom. The number of aromatic nitrogens is 2. The molecule has 29 heavy (non-hydrogen) atoms. The molecule has 3 atom stereocenters. The normalized spacial score (nSPS) is 27.4. The highest BCUT2D eigenvalue weighted by molar-refractivity contribution is 6.35. The van der Waals surface area contributed by atoms with Gasteiger partial charge in [-0.1, -0.05) is 50.0 Å². The van der Waals surface area contributed by atoms with E-state index in [9.17, 15) is 4.79 Å². The molecule has 156 valence electrons. The predicted molar refractivity (Wildman–Crippen MR) is 118 cm³/mol. The average Bonchev–Trinajstić information content (AvgIpc) is 3.11. The molecule has 1 amide bonds. The summed E-state index contributed by atoms with van der Waals surface area (Å²) in [6.45, 7) is 11.3. The number of benzene rings is 1. The smallest absolute Gasteiger partial charge is 0.255 e. The Balaban J connectivity index is 1.58. The molecule has 2 saturated carbocycles. The number of hydrogen-bond donors (Lipinski definition) is 1. The standard InChI is InChI=1S/C23H29Cl2N3O/c1-13-20(14(2)28(27-13)12-16-17(24)7-6-8-18(16)25)21(29)26-19-11-15-9-10-23(19,5)22(15,3)4/h6-8,15,19H,9-12H2,1-5H3,(H,26,29)/t15-,19+,23+/m0/s1. The van der Waals surface area contributed by atoms with Crippen molar-refractivity contribution in [3.8, 4) is 0 Å². The van der Waals surface area contributed by atoms with Crippen LogP contribution in [0.1, 0.15) is 67.3 Å². The predicted octanol–water partition coefficient (Wildman–Crippen LogP) is 5.80. The molecule has 0 saturated heterocycles. The first kappa shape index (κ1) is 20.7. The number of aryl methyl sites for hydroxylation is 1. The van der Waals surface area contributed by atoms with E-state index in [1.807, 2.05) is 36.7 Å². The van der Waals surface area contributed by atoms with Crippen LogP contribution in [0, 0.1) is 30.6 Å². The quantitative estimate of drug-likeness (QED) is 0.661. The van der Waals surface area contributed by atoms with Crippen molar-refractivity contribution >= 4 is 29.1 Å². The van der Waals surface area contributed by atoms with Crippen molar-refractivity contribution in [2.75, 3.05) is 0 Å². The van der Waals surface area contributed by atoms with Crippen LogP contribution in [0.3, 0.4) is 0 Å². The van der Waals surface area contributed by atoms with Crippen LogP contribution in [0.25, 0.3) is 0 Å². The monoisotopic (exact) mass is 433 g/mol. The van der Waals surface area contributed by atoms with E-state index in [1.54, 1.807) is 0 Å². The molecule has 2 aliphatic carbocycles. The van der Waals surface area contributed by atoms with Crippen molar-refractivity contribution in [1.29, 1.82) is 0 Å². The summed E-state index contributed by atoms with van der Waals surface area (Å²) in [6.07, 6.45) is 3.51. The summed E-state index contributed by atoms with van der Waals surface area (Å²) in [7, 11) is 0. The van der Waals surface area contributed by atoms with Gasteiger partial charge in [0, 0.05) is 27.3 Å². The van der Waals surface area contributed by atoms with Crippen LogP contribution in [-0.4, -0.2) is 21.7 Å². The lowest BCUT2D eigenvalue weighted by atomic mass is 9.69. The van der Waals surface area contributed by atoms with Gasteiger partial charge in [-0.25, -0.2) is 0 Å². The Morgan fingerprint density at radius 3 is 2.45 bits per heavy atom. The molecule has 1 N–H and O–H groups in total. The number of fused-ring (bicyclic) bond motifs is 2. The summed E-state index contributed by atoms with van der Waals surface area (Å²) in [4.78, 5) is 13.3. The lowest BCUT2D eigenvalue weighted by Crippen LogP contribution is -2.47. The van der Waals surface area contributed by atoms with Crippen LogP contribution in [0.5, 0.6) is 0 Å². The molecule has 2 bridgehead atoms. The molecule has 0 unspecified atom stereocenters. The number of halogens is 2. The van der Waals surface area contributed by atoms with Crippen molar-refractivity contribution in [1.82, 2.24) is 15.1 Å². The number of nitrogens with zero attached hydrogens (tertiary/aromatic N) is 2. The summed E-state index contributed by atoms with van der Waals surface area (Å²) < 4.78 is 1.82. The van der Waals surface area contributed by atoms with Crippen LogP contribution in [0.15, 0.2) is 18.2 Å². The van der Waals surface area contributed by atoms with Gasteiger partial charge in [0.05, 0.1) is 17.8 Å². The average molecular weight is 434 g/mol. The molecule has 2 aromatic rings. The molecule has 0 aliphatic heterocycles. The van der Waals surface area contributed by atoms with Gasteiger partial charge in [-0.2, -0.15) is 5.10 Å². The maximum absolute atomic E-state index is 13.3. The molecule has 1 heterocycles. The summed E-state index contributed by atoms with van der Waals surface area (Å²) in [6, 6.07) is 5.68. The van der Waals surface area contributed by atoms with Crippen molar-refractivity contribution in [2.45, 2.75) is 66.5 Å². The third kappa shape index (κ3) is 3.11. The Labute approximate surface area is 183 Å². The van der Waals surface area contributed by atoms with Gasteiger partial charge in [0.15, 0.2) is 0 Å². The van der Waals surface area contributed by atoms with E-state index in [1.165, 1.54) is 12.8 Å². The summed E-state index contributed by atoms with van der Waals surface area (Å²) in [5.74, 6) is 0.663. The Hall–Kier alpha value is -1.52. The van der Waals surface area contributed by atoms with Crippen molar-refractivity contribution in [3.63, 3.8) is 0 Å². The third-order valence-corrected chi connectivity index (χ3v) is 8.79. The Morgan fingerprint density at radius 1 is 1.24 bits per heavy atom. The molecule has 2 fully saturated rings. The molecule has 0 spiro atoms. The maximum atomic E-state index is 13.3. The number of hydrogen-bond acceptors (Lipinski definition) is 2. The fourth-order valence-electron chi connectivity index (χ4n) is 5.67. The van der Waals surface area contributed by atoms with Gasteiger partial charge in [0.2, 0.25) is 0 Å². The zero-order chi connectivity index (χ0) is 21.1. The van der Waals surface area contributed by atoms with E-state index in [-0.39, 0.29) is 22.8 Å². The van der Waals surface area contributed by atoms with Crippen LogP contribution >= 0.6 is 23.2 Å². The van der Waals surface area contributed by atoms with E-state index in [4.69, 9.17) is 23.2 Å². The highest BCUT2D eigenvalue weighted by atomic mass is 35.5. The van der Waals surface area contributed by atoms with Crippen LogP contribution in [0.2, 0.25) is 10.0 Å². The lowest BCUT2D eigenvalue weighted by Gasteiger charge is -2.39. The van der Waals surface area contributed by atoms with Gasteiger partial charge in [0.1, 0.15) is 0 Å². The number of amides is 1. The number of rotatable bonds is 4. The molecule has 0 radical (unpaired) electrons. The largest absolute Gasteiger partial charge is 0.349 e. The molecule has 4 rings (SSSR count). The fraction of sp³-hybridized carbons (Fsp3) is 0.565. The van der Waals surface area contributed by atoms with Gasteiger partial charge in [-0.3, -0.25) is 9.48 Å². The molecule has 1 aromatic carbocycles. The zero-order valence-electron chi connectivity index (χ0n) is 17.8.